The summed E-state index contributed by atoms with van der Waals surface area (Å²) in [6.45, 7) is 14.2. The fraction of sp³-hybridized carbons (Fsp3) is 0.944. The first kappa shape index (κ1) is 89.1. The molecule has 17 nitrogen and oxygen atoms in total. The summed E-state index contributed by atoms with van der Waals surface area (Å²) in [6.07, 6.45) is 44.2. The quantitative estimate of drug-likeness (QED) is 0.0222. The molecular weight excluding hydrogens is 1200 g/mol. The van der Waals surface area contributed by atoms with Gasteiger partial charge >= 0.3 is 39.5 Å². The van der Waals surface area contributed by atoms with Gasteiger partial charge in [-0.1, -0.05) is 306 Å². The van der Waals surface area contributed by atoms with Gasteiger partial charge in [-0.3, -0.25) is 37.3 Å². The molecule has 0 aromatic rings. The molecule has 540 valence electrons. The van der Waals surface area contributed by atoms with E-state index in [1.54, 1.807) is 0 Å². The van der Waals surface area contributed by atoms with Crippen molar-refractivity contribution in [2.45, 2.75) is 375 Å². The molecule has 0 heterocycles. The maximum Gasteiger partial charge on any atom is 0.472 e. The highest BCUT2D eigenvalue weighted by Crippen LogP contribution is 2.45. The monoisotopic (exact) mass is 1340 g/mol. The lowest BCUT2D eigenvalue weighted by Crippen LogP contribution is -2.30. The molecule has 0 aliphatic carbocycles. The minimum atomic E-state index is -4.96. The molecule has 0 aromatic carbocycles. The first-order valence-corrected chi connectivity index (χ1v) is 40.3. The zero-order valence-corrected chi connectivity index (χ0v) is 61.3. The van der Waals surface area contributed by atoms with Gasteiger partial charge in [0.1, 0.15) is 19.3 Å². The predicted octanol–water partition coefficient (Wildman–Crippen LogP) is 20.5. The second-order valence-corrected chi connectivity index (χ2v) is 30.1. The van der Waals surface area contributed by atoms with Gasteiger partial charge < -0.3 is 33.8 Å². The van der Waals surface area contributed by atoms with Crippen molar-refractivity contribution in [3.05, 3.63) is 0 Å². The standard InChI is InChI=1S/C72H140O17P2/c1-9-63(6)49-41-33-25-16-12-14-18-28-36-44-52-69(74)82-58-67(88-71(76)54-46-38-30-19-15-13-17-26-34-42-50-64(7)10-2)60-86-90(78,79)84-56-66(73)57-85-91(80,81)87-61-68(59-83-70(75)53-45-37-29-22-20-24-32-40-48-62(4)5)89-72(77)55-47-39-31-23-21-27-35-43-51-65(8)11-3/h62-68,73H,9-61H2,1-8H3,(H,78,79)(H,80,81)/t63?,64?,65?,66?,67-,68-/m1/s1. The molecule has 19 heteroatoms. The maximum atomic E-state index is 13.0. The number of carbonyl (C=O) groups excluding carboxylic acids is 4. The fourth-order valence-electron chi connectivity index (χ4n) is 10.7. The van der Waals surface area contributed by atoms with Crippen LogP contribution in [0.4, 0.5) is 0 Å². The molecule has 0 amide bonds. The summed E-state index contributed by atoms with van der Waals surface area (Å²) >= 11 is 0. The molecule has 0 saturated heterocycles. The van der Waals surface area contributed by atoms with Crippen molar-refractivity contribution < 1.29 is 80.2 Å². The Bertz CT molecular complexity index is 1800. The Labute approximate surface area is 556 Å². The Hall–Kier alpha value is -1.94. The number of carbonyl (C=O) groups is 4. The Kier molecular flexibility index (Phi) is 60.3. The van der Waals surface area contributed by atoms with E-state index in [4.69, 9.17) is 37.0 Å². The molecule has 0 fully saturated rings. The summed E-state index contributed by atoms with van der Waals surface area (Å²) in [5.41, 5.74) is 0. The van der Waals surface area contributed by atoms with Crippen LogP contribution < -0.4 is 0 Å². The number of unbranched alkanes of at least 4 members (excludes halogenated alkanes) is 32. The van der Waals surface area contributed by atoms with E-state index < -0.39 is 97.5 Å². The molecule has 0 rings (SSSR count). The van der Waals surface area contributed by atoms with Crippen molar-refractivity contribution in [1.29, 1.82) is 0 Å². The number of rotatable bonds is 69. The highest BCUT2D eigenvalue weighted by molar-refractivity contribution is 7.47. The second kappa shape index (κ2) is 61.6. The van der Waals surface area contributed by atoms with Gasteiger partial charge in [0.15, 0.2) is 12.2 Å². The third-order valence-electron chi connectivity index (χ3n) is 17.7. The molecule has 0 spiro atoms. The summed E-state index contributed by atoms with van der Waals surface area (Å²) in [4.78, 5) is 72.7. The molecule has 0 bridgehead atoms. The van der Waals surface area contributed by atoms with Crippen molar-refractivity contribution in [3.8, 4) is 0 Å². The first-order valence-electron chi connectivity index (χ1n) is 37.3. The zero-order chi connectivity index (χ0) is 67.5. The number of phosphoric ester groups is 2. The van der Waals surface area contributed by atoms with Gasteiger partial charge in [-0.15, -0.1) is 0 Å². The number of hydrogen-bond acceptors (Lipinski definition) is 15. The van der Waals surface area contributed by atoms with E-state index in [2.05, 4.69) is 55.4 Å². The summed E-state index contributed by atoms with van der Waals surface area (Å²) in [5.74, 6) is 0.981. The molecule has 3 N–H and O–H groups in total. The summed E-state index contributed by atoms with van der Waals surface area (Å²) < 4.78 is 68.4. The van der Waals surface area contributed by atoms with E-state index in [0.29, 0.717) is 25.7 Å². The van der Waals surface area contributed by atoms with Crippen LogP contribution in [0, 0.1) is 23.7 Å². The molecule has 8 atom stereocenters. The van der Waals surface area contributed by atoms with Gasteiger partial charge in [0, 0.05) is 25.7 Å². The minimum absolute atomic E-state index is 0.104. The van der Waals surface area contributed by atoms with Gasteiger partial charge in [0.05, 0.1) is 26.4 Å². The zero-order valence-electron chi connectivity index (χ0n) is 59.5. The SMILES string of the molecule is CCC(C)CCCCCCCCCCCCC(=O)OC[C@H](COP(=O)(O)OCC(O)COP(=O)(O)OC[C@@H](COC(=O)CCCCCCCCCCC(C)C)OC(=O)CCCCCCCCCCC(C)CC)OC(=O)CCCCCCCCCCCCC(C)CC. The van der Waals surface area contributed by atoms with Crippen LogP contribution in [-0.4, -0.2) is 96.7 Å². The van der Waals surface area contributed by atoms with Gasteiger partial charge in [-0.2, -0.15) is 0 Å². The minimum Gasteiger partial charge on any atom is -0.462 e. The molecule has 91 heavy (non-hydrogen) atoms. The summed E-state index contributed by atoms with van der Waals surface area (Å²) in [7, 11) is -9.91. The average molecular weight is 1340 g/mol. The lowest BCUT2D eigenvalue weighted by molar-refractivity contribution is -0.161. The highest BCUT2D eigenvalue weighted by Gasteiger charge is 2.30. The van der Waals surface area contributed by atoms with Crippen LogP contribution in [0.25, 0.3) is 0 Å². The van der Waals surface area contributed by atoms with Crippen LogP contribution in [-0.2, 0) is 65.4 Å². The topological polar surface area (TPSA) is 237 Å². The van der Waals surface area contributed by atoms with E-state index in [-0.39, 0.29) is 25.7 Å². The maximum absolute atomic E-state index is 13.0. The van der Waals surface area contributed by atoms with E-state index in [9.17, 15) is 43.2 Å². The van der Waals surface area contributed by atoms with E-state index >= 15 is 0 Å². The molecule has 0 aliphatic rings. The Balaban J connectivity index is 5.28. The van der Waals surface area contributed by atoms with E-state index in [1.807, 2.05) is 0 Å². The molecule has 0 aliphatic heterocycles. The molecular formula is C72H140O17P2. The molecule has 6 unspecified atom stereocenters. The Morgan fingerprint density at radius 1 is 0.308 bits per heavy atom. The largest absolute Gasteiger partial charge is 0.472 e. The van der Waals surface area contributed by atoms with Crippen LogP contribution in [0.3, 0.4) is 0 Å². The third-order valence-corrected chi connectivity index (χ3v) is 19.6. The van der Waals surface area contributed by atoms with Crippen LogP contribution in [0.15, 0.2) is 0 Å². The van der Waals surface area contributed by atoms with Gasteiger partial charge in [-0.05, 0) is 49.4 Å². The Morgan fingerprint density at radius 3 is 0.780 bits per heavy atom. The molecule has 0 saturated carbocycles. The first-order chi connectivity index (χ1) is 43.7. The van der Waals surface area contributed by atoms with Gasteiger partial charge in [-0.25, -0.2) is 9.13 Å². The fourth-order valence-corrected chi connectivity index (χ4v) is 12.3. The number of phosphoric acid groups is 2. The average Bonchev–Trinajstić information content (AvgIpc) is 3.47. The van der Waals surface area contributed by atoms with Crippen molar-refractivity contribution in [2.24, 2.45) is 23.7 Å². The molecule has 0 aromatic heterocycles. The number of ether oxygens (including phenoxy) is 4. The van der Waals surface area contributed by atoms with Crippen molar-refractivity contribution in [2.75, 3.05) is 39.6 Å². The number of aliphatic hydroxyl groups excluding tert-OH is 1. The second-order valence-electron chi connectivity index (χ2n) is 27.2. The predicted molar refractivity (Wildman–Crippen MR) is 367 cm³/mol. The van der Waals surface area contributed by atoms with Crippen LogP contribution in [0.5, 0.6) is 0 Å². The van der Waals surface area contributed by atoms with E-state index in [1.165, 1.54) is 161 Å². The summed E-state index contributed by atoms with van der Waals surface area (Å²) in [5, 5.41) is 10.6. The van der Waals surface area contributed by atoms with Crippen molar-refractivity contribution in [3.63, 3.8) is 0 Å². The highest BCUT2D eigenvalue weighted by atomic mass is 31.2. The van der Waals surface area contributed by atoms with Gasteiger partial charge in [0.2, 0.25) is 0 Å². The number of aliphatic hydroxyl groups is 1. The van der Waals surface area contributed by atoms with Crippen LogP contribution >= 0.6 is 15.6 Å². The van der Waals surface area contributed by atoms with Crippen molar-refractivity contribution >= 4 is 39.5 Å². The van der Waals surface area contributed by atoms with Crippen LogP contribution in [0.1, 0.15) is 357 Å². The smallest absolute Gasteiger partial charge is 0.462 e. The normalized spacial score (nSPS) is 15.1. The molecule has 0 radical (unpaired) electrons. The third kappa shape index (κ3) is 62.6. The lowest BCUT2D eigenvalue weighted by Gasteiger charge is -2.21. The van der Waals surface area contributed by atoms with E-state index in [0.717, 1.165) is 114 Å². The summed E-state index contributed by atoms with van der Waals surface area (Å²) in [6, 6.07) is 0. The van der Waals surface area contributed by atoms with Crippen molar-refractivity contribution in [1.82, 2.24) is 0 Å². The Morgan fingerprint density at radius 2 is 0.527 bits per heavy atom. The van der Waals surface area contributed by atoms with Gasteiger partial charge in [0.25, 0.3) is 0 Å². The number of hydrogen-bond donors (Lipinski definition) is 3. The lowest BCUT2D eigenvalue weighted by atomic mass is 9.99. The van der Waals surface area contributed by atoms with Crippen LogP contribution in [0.2, 0.25) is 0 Å². The number of esters is 4.